The highest BCUT2D eigenvalue weighted by atomic mass is 16.4. The fraction of sp³-hybridized carbons (Fsp3) is 0.250. The van der Waals surface area contributed by atoms with Gasteiger partial charge in [0.2, 0.25) is 0 Å². The molecule has 0 amide bonds. The van der Waals surface area contributed by atoms with Gasteiger partial charge in [0.25, 0.3) is 0 Å². The molecule has 0 aliphatic rings. The zero-order valence-corrected chi connectivity index (χ0v) is 4.01. The lowest BCUT2D eigenvalue weighted by Gasteiger charge is -1.84. The Bertz CT molecular complexity index is 106. The third-order valence-corrected chi connectivity index (χ3v) is 0.587. The third-order valence-electron chi connectivity index (χ3n) is 0.587. The number of carbonyl (C=O) groups is 1. The molecule has 3 nitrogen and oxygen atoms in total. The second-order valence-electron chi connectivity index (χ2n) is 1.15. The summed E-state index contributed by atoms with van der Waals surface area (Å²) in [5.74, 6) is -0.970. The first kappa shape index (κ1) is 6.01. The summed E-state index contributed by atoms with van der Waals surface area (Å²) in [4.78, 5) is 9.78. The van der Waals surface area contributed by atoms with Gasteiger partial charge in [-0.05, 0) is 6.92 Å². The molecule has 40 valence electrons. The van der Waals surface area contributed by atoms with Crippen molar-refractivity contribution in [1.29, 1.82) is 0 Å². The molecule has 0 atom stereocenters. The van der Waals surface area contributed by atoms with Gasteiger partial charge in [-0.3, -0.25) is 0 Å². The Hall–Kier alpha value is -0.990. The lowest BCUT2D eigenvalue weighted by molar-refractivity contribution is -0.132. The molecule has 0 unspecified atom stereocenters. The summed E-state index contributed by atoms with van der Waals surface area (Å²) in [5, 5.41) is 8.03. The standard InChI is InChI=1S/C4H7NO2/c1-3(2-5)4(6)7/h2H,5H2,1H3,(H,6,7). The number of carboxylic acids is 1. The number of hydrogen-bond donors (Lipinski definition) is 2. The van der Waals surface area contributed by atoms with Crippen molar-refractivity contribution in [3.63, 3.8) is 0 Å². The van der Waals surface area contributed by atoms with Crippen LogP contribution in [0.15, 0.2) is 11.8 Å². The first-order valence-electron chi connectivity index (χ1n) is 1.80. The average Bonchev–Trinajstić information content (AvgIpc) is 1.65. The van der Waals surface area contributed by atoms with E-state index >= 15 is 0 Å². The Morgan fingerprint density at radius 1 is 1.86 bits per heavy atom. The lowest BCUT2D eigenvalue weighted by atomic mass is 10.3. The zero-order chi connectivity index (χ0) is 5.86. The SMILES string of the molecule is CC(=CN)C(=O)O. The highest BCUT2D eigenvalue weighted by Gasteiger charge is 1.94. The number of hydrogen-bond acceptors (Lipinski definition) is 2. The van der Waals surface area contributed by atoms with Crippen LogP contribution in [0.25, 0.3) is 0 Å². The Kier molecular flexibility index (Phi) is 1.91. The molecular formula is C4H7NO2. The van der Waals surface area contributed by atoms with E-state index in [1.54, 1.807) is 0 Å². The van der Waals surface area contributed by atoms with E-state index in [1.165, 1.54) is 6.92 Å². The van der Waals surface area contributed by atoms with Gasteiger partial charge in [0.15, 0.2) is 0 Å². The third kappa shape index (κ3) is 1.81. The van der Waals surface area contributed by atoms with Gasteiger partial charge in [-0.25, -0.2) is 4.79 Å². The molecule has 0 aromatic rings. The van der Waals surface area contributed by atoms with Gasteiger partial charge in [-0.15, -0.1) is 0 Å². The van der Waals surface area contributed by atoms with Gasteiger partial charge in [0.05, 0.1) is 0 Å². The summed E-state index contributed by atoms with van der Waals surface area (Å²) in [6, 6.07) is 0. The van der Waals surface area contributed by atoms with Crippen molar-refractivity contribution in [2.75, 3.05) is 0 Å². The second kappa shape index (κ2) is 2.23. The van der Waals surface area contributed by atoms with Crippen molar-refractivity contribution in [2.45, 2.75) is 6.92 Å². The maximum atomic E-state index is 9.78. The van der Waals surface area contributed by atoms with Crippen molar-refractivity contribution in [1.82, 2.24) is 0 Å². The minimum atomic E-state index is -0.970. The molecule has 0 saturated carbocycles. The maximum absolute atomic E-state index is 9.78. The Morgan fingerprint density at radius 2 is 2.29 bits per heavy atom. The van der Waals surface area contributed by atoms with Crippen LogP contribution in [-0.4, -0.2) is 11.1 Å². The first-order valence-corrected chi connectivity index (χ1v) is 1.80. The van der Waals surface area contributed by atoms with Crippen LogP contribution in [0.1, 0.15) is 6.92 Å². The minimum Gasteiger partial charge on any atom is -0.478 e. The Morgan fingerprint density at radius 3 is 2.29 bits per heavy atom. The van der Waals surface area contributed by atoms with E-state index in [0.29, 0.717) is 0 Å². The van der Waals surface area contributed by atoms with Crippen LogP contribution < -0.4 is 5.73 Å². The monoisotopic (exact) mass is 101 g/mol. The van der Waals surface area contributed by atoms with Gasteiger partial charge in [-0.2, -0.15) is 0 Å². The van der Waals surface area contributed by atoms with Crippen LogP contribution in [0.3, 0.4) is 0 Å². The van der Waals surface area contributed by atoms with Gasteiger partial charge in [-0.1, -0.05) is 0 Å². The predicted octanol–water partition coefficient (Wildman–Crippen LogP) is -0.0665. The van der Waals surface area contributed by atoms with Crippen molar-refractivity contribution in [3.05, 3.63) is 11.8 Å². The average molecular weight is 101 g/mol. The Balaban J connectivity index is 3.82. The topological polar surface area (TPSA) is 63.3 Å². The fourth-order valence-electron chi connectivity index (χ4n) is 0.0713. The highest BCUT2D eigenvalue weighted by Crippen LogP contribution is 1.84. The van der Waals surface area contributed by atoms with Crippen molar-refractivity contribution in [3.8, 4) is 0 Å². The first-order chi connectivity index (χ1) is 3.18. The molecular weight excluding hydrogens is 94.0 g/mol. The molecule has 0 radical (unpaired) electrons. The zero-order valence-electron chi connectivity index (χ0n) is 4.01. The van der Waals surface area contributed by atoms with Crippen molar-refractivity contribution >= 4 is 5.97 Å². The van der Waals surface area contributed by atoms with E-state index in [2.05, 4.69) is 0 Å². The van der Waals surface area contributed by atoms with Gasteiger partial charge in [0.1, 0.15) is 0 Å². The van der Waals surface area contributed by atoms with Crippen molar-refractivity contribution < 1.29 is 9.90 Å². The van der Waals surface area contributed by atoms with Crippen LogP contribution in [-0.2, 0) is 4.79 Å². The molecule has 0 heterocycles. The largest absolute Gasteiger partial charge is 0.478 e. The smallest absolute Gasteiger partial charge is 0.332 e. The number of nitrogens with two attached hydrogens (primary N) is 1. The van der Waals surface area contributed by atoms with Gasteiger partial charge >= 0.3 is 5.97 Å². The van der Waals surface area contributed by atoms with Crippen LogP contribution in [0.5, 0.6) is 0 Å². The molecule has 0 aliphatic carbocycles. The van der Waals surface area contributed by atoms with E-state index in [0.717, 1.165) is 6.20 Å². The highest BCUT2D eigenvalue weighted by molar-refractivity contribution is 5.85. The molecule has 3 heteroatoms. The minimum absolute atomic E-state index is 0.167. The molecule has 3 N–H and O–H groups in total. The van der Waals surface area contributed by atoms with E-state index in [4.69, 9.17) is 10.8 Å². The number of aliphatic carboxylic acids is 1. The summed E-state index contributed by atoms with van der Waals surface area (Å²) >= 11 is 0. The van der Waals surface area contributed by atoms with E-state index < -0.39 is 5.97 Å². The molecule has 0 aromatic carbocycles. The molecule has 0 aromatic heterocycles. The molecule has 0 fully saturated rings. The normalized spacial score (nSPS) is 11.3. The number of carboxylic acid groups (broad SMARTS) is 1. The molecule has 0 saturated heterocycles. The molecule has 0 spiro atoms. The quantitative estimate of drug-likeness (QED) is 0.454. The second-order valence-corrected chi connectivity index (χ2v) is 1.15. The predicted molar refractivity (Wildman–Crippen MR) is 25.6 cm³/mol. The van der Waals surface area contributed by atoms with E-state index in [-0.39, 0.29) is 5.57 Å². The lowest BCUT2D eigenvalue weighted by Crippen LogP contribution is -1.98. The van der Waals surface area contributed by atoms with Crippen LogP contribution in [0.4, 0.5) is 0 Å². The summed E-state index contributed by atoms with van der Waals surface area (Å²) in [7, 11) is 0. The van der Waals surface area contributed by atoms with Gasteiger partial charge < -0.3 is 10.8 Å². The maximum Gasteiger partial charge on any atom is 0.332 e. The van der Waals surface area contributed by atoms with Gasteiger partial charge in [0, 0.05) is 11.8 Å². The molecule has 0 aliphatic heterocycles. The van der Waals surface area contributed by atoms with E-state index in [1.807, 2.05) is 0 Å². The van der Waals surface area contributed by atoms with E-state index in [9.17, 15) is 4.79 Å². The van der Waals surface area contributed by atoms with Crippen molar-refractivity contribution in [2.24, 2.45) is 5.73 Å². The Labute approximate surface area is 41.4 Å². The van der Waals surface area contributed by atoms with Crippen LogP contribution >= 0.6 is 0 Å². The summed E-state index contributed by atoms with van der Waals surface area (Å²) < 4.78 is 0. The molecule has 0 bridgehead atoms. The summed E-state index contributed by atoms with van der Waals surface area (Å²) in [6.45, 7) is 1.43. The van der Waals surface area contributed by atoms with Crippen LogP contribution in [0.2, 0.25) is 0 Å². The number of rotatable bonds is 1. The van der Waals surface area contributed by atoms with Crippen LogP contribution in [0, 0.1) is 0 Å². The molecule has 7 heavy (non-hydrogen) atoms. The molecule has 0 rings (SSSR count). The summed E-state index contributed by atoms with van der Waals surface area (Å²) in [5.41, 5.74) is 5.00. The fourth-order valence-corrected chi connectivity index (χ4v) is 0.0713. The summed E-state index contributed by atoms with van der Waals surface area (Å²) in [6.07, 6.45) is 1.06.